The quantitative estimate of drug-likeness (QED) is 0.449. The Labute approximate surface area is 240 Å². The number of allylic oxidation sites excluding steroid dienone is 4. The molecule has 5 aliphatic rings. The molecule has 0 aromatic heterocycles. The lowest BCUT2D eigenvalue weighted by Crippen LogP contribution is -2.51. The second-order valence-electron chi connectivity index (χ2n) is 13.4. The van der Waals surface area contributed by atoms with E-state index in [0.717, 1.165) is 56.9 Å². The molecule has 4 aliphatic carbocycles. The van der Waals surface area contributed by atoms with E-state index in [1.807, 2.05) is 18.2 Å². The van der Waals surface area contributed by atoms with E-state index in [1.54, 1.807) is 16.4 Å². The third-order valence-electron chi connectivity index (χ3n) is 10.7. The first kappa shape index (κ1) is 27.9. The Morgan fingerprint density at radius 2 is 1.75 bits per heavy atom. The number of nitrogens with zero attached hydrogens (tertiary/aromatic N) is 1. The summed E-state index contributed by atoms with van der Waals surface area (Å²) in [6, 6.07) is 7.60. The number of hydrogen-bond donors (Lipinski definition) is 1. The largest absolute Gasteiger partial charge is 0.377 e. The fourth-order valence-electron chi connectivity index (χ4n) is 8.56. The Bertz CT molecular complexity index is 1420. The number of hydrogen-bond acceptors (Lipinski definition) is 4. The third-order valence-corrected chi connectivity index (χ3v) is 12.6. The summed E-state index contributed by atoms with van der Waals surface area (Å²) in [6.45, 7) is 7.56. The lowest BCUT2D eigenvalue weighted by molar-refractivity contribution is -0.114. The maximum atomic E-state index is 13.4. The summed E-state index contributed by atoms with van der Waals surface area (Å²) in [5, 5.41) is 12.1. The summed E-state index contributed by atoms with van der Waals surface area (Å²) in [4.78, 5) is 12.7. The summed E-state index contributed by atoms with van der Waals surface area (Å²) in [7, 11) is -3.50. The van der Waals surface area contributed by atoms with Gasteiger partial charge in [0.25, 0.3) is 0 Å². The molecule has 2 saturated carbocycles. The minimum absolute atomic E-state index is 0.0652. The summed E-state index contributed by atoms with van der Waals surface area (Å²) < 4.78 is 28.4. The highest BCUT2D eigenvalue weighted by Gasteiger charge is 2.62. The van der Waals surface area contributed by atoms with E-state index in [4.69, 9.17) is 0 Å². The first-order valence-electron chi connectivity index (χ1n) is 15.4. The standard InChI is InChI=1S/C34H43NO4S/c1-23(2)15-17-34(37)18-16-31-29-13-9-25-21-26(36)10-14-28(25)32(29)30(22-33(31,34)3)24-7-11-27(12-8-24)40(38,39)35-19-5-4-6-20-35/h7-8,11-12,21,23,29-31,37H,4-6,9-10,13-14,16,18-20,22H2,1-3H3/t29-,30+,31-,33-,34-/m0/s1. The van der Waals surface area contributed by atoms with Crippen molar-refractivity contribution in [2.75, 3.05) is 13.1 Å². The van der Waals surface area contributed by atoms with Crippen molar-refractivity contribution in [2.45, 2.75) is 101 Å². The van der Waals surface area contributed by atoms with Crippen molar-refractivity contribution < 1.29 is 18.3 Å². The van der Waals surface area contributed by atoms with Crippen LogP contribution in [0.15, 0.2) is 52.0 Å². The molecule has 0 radical (unpaired) electrons. The van der Waals surface area contributed by atoms with Gasteiger partial charge < -0.3 is 5.11 Å². The predicted octanol–water partition coefficient (Wildman–Crippen LogP) is 6.15. The number of carbonyl (C=O) groups excluding carboxylic acids is 1. The molecule has 40 heavy (non-hydrogen) atoms. The van der Waals surface area contributed by atoms with Gasteiger partial charge >= 0.3 is 0 Å². The van der Waals surface area contributed by atoms with E-state index in [9.17, 15) is 18.3 Å². The molecular formula is C34H43NO4S. The molecular weight excluding hydrogens is 518 g/mol. The highest BCUT2D eigenvalue weighted by molar-refractivity contribution is 7.89. The minimum Gasteiger partial charge on any atom is -0.377 e. The first-order valence-corrected chi connectivity index (χ1v) is 16.8. The molecule has 1 heterocycles. The molecule has 5 nitrogen and oxygen atoms in total. The number of benzene rings is 1. The predicted molar refractivity (Wildman–Crippen MR) is 157 cm³/mol. The van der Waals surface area contributed by atoms with Gasteiger partial charge in [0.1, 0.15) is 5.60 Å². The fourth-order valence-corrected chi connectivity index (χ4v) is 10.1. The van der Waals surface area contributed by atoms with Gasteiger partial charge in [-0.25, -0.2) is 8.42 Å². The monoisotopic (exact) mass is 561 g/mol. The van der Waals surface area contributed by atoms with Gasteiger partial charge in [-0.2, -0.15) is 4.31 Å². The number of fused-ring (bicyclic) bond motifs is 4. The normalized spacial score (nSPS) is 34.5. The second kappa shape index (κ2) is 10.3. The van der Waals surface area contributed by atoms with Crippen molar-refractivity contribution in [3.8, 4) is 11.8 Å². The number of sulfonamides is 1. The maximum absolute atomic E-state index is 13.4. The zero-order chi connectivity index (χ0) is 28.3. The van der Waals surface area contributed by atoms with Gasteiger partial charge in [0.05, 0.1) is 4.90 Å². The Hall–Kier alpha value is -2.20. The van der Waals surface area contributed by atoms with Crippen LogP contribution in [0.1, 0.15) is 96.5 Å². The Balaban J connectivity index is 1.43. The molecule has 6 heteroatoms. The van der Waals surface area contributed by atoms with Crippen molar-refractivity contribution >= 4 is 15.8 Å². The molecule has 1 aromatic rings. The van der Waals surface area contributed by atoms with Crippen LogP contribution < -0.4 is 0 Å². The van der Waals surface area contributed by atoms with E-state index in [0.29, 0.717) is 42.7 Å². The second-order valence-corrected chi connectivity index (χ2v) is 15.3. The van der Waals surface area contributed by atoms with E-state index in [2.05, 4.69) is 32.6 Å². The highest BCUT2D eigenvalue weighted by atomic mass is 32.2. The SMILES string of the molecule is CC(C)C#C[C@]1(O)CC[C@H]2[C@@H]3CCC4=CC(=O)CCC4=C3[C@@H](c3ccc(S(=O)(=O)N4CCCCC4)cc3)C[C@@]21C. The zero-order valence-electron chi connectivity index (χ0n) is 24.2. The Morgan fingerprint density at radius 1 is 1.02 bits per heavy atom. The number of rotatable bonds is 3. The average molecular weight is 562 g/mol. The van der Waals surface area contributed by atoms with E-state index >= 15 is 0 Å². The number of aliphatic hydroxyl groups is 1. The van der Waals surface area contributed by atoms with Crippen molar-refractivity contribution in [1.82, 2.24) is 4.31 Å². The molecule has 0 spiro atoms. The molecule has 3 fully saturated rings. The average Bonchev–Trinajstić information content (AvgIpc) is 3.22. The minimum atomic E-state index is -3.50. The first-order chi connectivity index (χ1) is 19.0. The summed E-state index contributed by atoms with van der Waals surface area (Å²) >= 11 is 0. The Kier molecular flexibility index (Phi) is 7.17. The number of carbonyl (C=O) groups is 1. The van der Waals surface area contributed by atoms with Crippen LogP contribution in [-0.4, -0.2) is 42.3 Å². The van der Waals surface area contributed by atoms with Crippen molar-refractivity contribution in [1.29, 1.82) is 0 Å². The van der Waals surface area contributed by atoms with Crippen molar-refractivity contribution in [3.05, 3.63) is 52.6 Å². The van der Waals surface area contributed by atoms with Crippen LogP contribution in [0.5, 0.6) is 0 Å². The smallest absolute Gasteiger partial charge is 0.243 e. The van der Waals surface area contributed by atoms with Crippen LogP contribution in [0.4, 0.5) is 0 Å². The van der Waals surface area contributed by atoms with Crippen LogP contribution in [0.3, 0.4) is 0 Å². The van der Waals surface area contributed by atoms with Crippen LogP contribution in [0, 0.1) is 35.0 Å². The van der Waals surface area contributed by atoms with Gasteiger partial charge in [-0.3, -0.25) is 4.79 Å². The van der Waals surface area contributed by atoms with Crippen LogP contribution in [-0.2, 0) is 14.8 Å². The van der Waals surface area contributed by atoms with Crippen molar-refractivity contribution in [2.24, 2.45) is 23.2 Å². The van der Waals surface area contributed by atoms with Gasteiger partial charge in [0, 0.05) is 36.8 Å². The zero-order valence-corrected chi connectivity index (χ0v) is 25.0. The molecule has 5 atom stereocenters. The molecule has 214 valence electrons. The molecule has 0 bridgehead atoms. The molecule has 0 unspecified atom stereocenters. The van der Waals surface area contributed by atoms with Crippen LogP contribution >= 0.6 is 0 Å². The lowest BCUT2D eigenvalue weighted by Gasteiger charge is -2.53. The maximum Gasteiger partial charge on any atom is 0.243 e. The van der Waals surface area contributed by atoms with Gasteiger partial charge in [0.2, 0.25) is 10.0 Å². The van der Waals surface area contributed by atoms with Gasteiger partial charge in [-0.1, -0.05) is 56.7 Å². The summed E-state index contributed by atoms with van der Waals surface area (Å²) in [5.74, 6) is 7.80. The van der Waals surface area contributed by atoms with Crippen molar-refractivity contribution in [3.63, 3.8) is 0 Å². The molecule has 1 aromatic carbocycles. The Morgan fingerprint density at radius 3 is 2.45 bits per heavy atom. The third kappa shape index (κ3) is 4.53. The summed E-state index contributed by atoms with van der Waals surface area (Å²) in [6.07, 6.45) is 10.5. The van der Waals surface area contributed by atoms with Gasteiger partial charge in [0.15, 0.2) is 5.78 Å². The van der Waals surface area contributed by atoms with Gasteiger partial charge in [-0.15, -0.1) is 0 Å². The van der Waals surface area contributed by atoms with E-state index in [1.165, 1.54) is 16.7 Å². The van der Waals surface area contributed by atoms with E-state index in [-0.39, 0.29) is 23.0 Å². The lowest BCUT2D eigenvalue weighted by atomic mass is 9.51. The molecule has 1 N–H and O–H groups in total. The van der Waals surface area contributed by atoms with Gasteiger partial charge in [-0.05, 0) is 98.1 Å². The topological polar surface area (TPSA) is 74.7 Å². The highest BCUT2D eigenvalue weighted by Crippen LogP contribution is 2.66. The number of ketones is 1. The fraction of sp³-hybridized carbons (Fsp3) is 0.618. The van der Waals surface area contributed by atoms with Crippen LogP contribution in [0.2, 0.25) is 0 Å². The molecule has 1 saturated heterocycles. The molecule has 6 rings (SSSR count). The molecule has 0 amide bonds. The van der Waals surface area contributed by atoms with Crippen LogP contribution in [0.25, 0.3) is 0 Å². The van der Waals surface area contributed by atoms with E-state index < -0.39 is 15.6 Å². The number of piperidine rings is 1. The molecule has 1 aliphatic heterocycles. The summed E-state index contributed by atoms with van der Waals surface area (Å²) in [5.41, 5.74) is 3.71.